The molecule has 1 saturated carbocycles. The molecule has 4 fully saturated rings. The third-order valence-corrected chi connectivity index (χ3v) is 11.4. The first-order valence-corrected chi connectivity index (χ1v) is 16.1. The van der Waals surface area contributed by atoms with Gasteiger partial charge in [0.05, 0.1) is 29.9 Å². The lowest BCUT2D eigenvalue weighted by Crippen LogP contribution is -2.56. The van der Waals surface area contributed by atoms with E-state index in [0.29, 0.717) is 51.8 Å². The van der Waals surface area contributed by atoms with Crippen LogP contribution in [-0.2, 0) is 17.6 Å². The molecule has 1 spiro atoms. The molecule has 5 aliphatic rings. The number of carbonyl (C=O) groups excluding carboxylic acids is 1. The smallest absolute Gasteiger partial charge is 0.236 e. The fraction of sp³-hybridized carbons (Fsp3) is 0.394. The number of benzene rings is 2. The van der Waals surface area contributed by atoms with Crippen LogP contribution in [-0.4, -0.2) is 87.7 Å². The number of amides is 1. The summed E-state index contributed by atoms with van der Waals surface area (Å²) in [7, 11) is 1.90. The van der Waals surface area contributed by atoms with E-state index in [1.165, 1.54) is 23.5 Å². The monoisotopic (exact) mass is 625 g/mol. The zero-order valence-electron chi connectivity index (χ0n) is 24.5. The first-order chi connectivity index (χ1) is 21.8. The van der Waals surface area contributed by atoms with Crippen molar-refractivity contribution in [3.05, 3.63) is 64.2 Å². The Morgan fingerprint density at radius 2 is 1.96 bits per heavy atom. The molecule has 0 bridgehead atoms. The van der Waals surface area contributed by atoms with Gasteiger partial charge in [-0.15, -0.1) is 0 Å². The number of aliphatic hydroxyl groups is 1. The molecule has 9 rings (SSSR count). The predicted molar refractivity (Wildman–Crippen MR) is 166 cm³/mol. The number of nitrogens with zero attached hydrogens (tertiary/aromatic N) is 7. The first kappa shape index (κ1) is 27.2. The van der Waals surface area contributed by atoms with Gasteiger partial charge < -0.3 is 19.8 Å². The highest BCUT2D eigenvalue weighted by atomic mass is 32.1. The number of piperazine rings is 1. The Kier molecular flexibility index (Phi) is 5.68. The summed E-state index contributed by atoms with van der Waals surface area (Å²) < 4.78 is 29.6. The highest BCUT2D eigenvalue weighted by Crippen LogP contribution is 2.68. The minimum absolute atomic E-state index is 0.0495. The second-order valence-electron chi connectivity index (χ2n) is 12.9. The third kappa shape index (κ3) is 3.90. The highest BCUT2D eigenvalue weighted by Gasteiger charge is 2.83. The number of thiazole rings is 1. The van der Waals surface area contributed by atoms with E-state index >= 15 is 4.39 Å². The van der Waals surface area contributed by atoms with Gasteiger partial charge in [-0.3, -0.25) is 9.69 Å². The maximum Gasteiger partial charge on any atom is 0.236 e. The summed E-state index contributed by atoms with van der Waals surface area (Å²) in [5.74, 6) is -0.663. The second kappa shape index (κ2) is 9.42. The number of aliphatic hydroxyl groups excluding tert-OH is 1. The van der Waals surface area contributed by atoms with E-state index in [1.54, 1.807) is 23.1 Å². The molecule has 2 aromatic carbocycles. The van der Waals surface area contributed by atoms with E-state index in [2.05, 4.69) is 21.9 Å². The molecule has 2 aromatic heterocycles. The number of fused-ring (bicyclic) bond motifs is 2. The summed E-state index contributed by atoms with van der Waals surface area (Å²) in [6, 6.07) is 12.3. The molecule has 1 N–H and O–H groups in total. The lowest BCUT2D eigenvalue weighted by Gasteiger charge is -2.37. The zero-order valence-corrected chi connectivity index (χ0v) is 25.3. The number of nitriles is 1. The van der Waals surface area contributed by atoms with Gasteiger partial charge in [-0.25, -0.2) is 18.7 Å². The van der Waals surface area contributed by atoms with Crippen molar-refractivity contribution in [2.45, 2.75) is 49.4 Å². The molecule has 3 aliphatic heterocycles. The number of halogens is 2. The second-order valence-corrected chi connectivity index (χ2v) is 13.9. The van der Waals surface area contributed by atoms with E-state index < -0.39 is 6.10 Å². The normalized spacial score (nSPS) is 24.7. The van der Waals surface area contributed by atoms with Crippen LogP contribution in [0.5, 0.6) is 0 Å². The third-order valence-electron chi connectivity index (χ3n) is 10.4. The Morgan fingerprint density at radius 3 is 2.67 bits per heavy atom. The molecule has 5 heterocycles. The summed E-state index contributed by atoms with van der Waals surface area (Å²) in [5, 5.41) is 20.8. The van der Waals surface area contributed by atoms with Gasteiger partial charge in [-0.05, 0) is 67.6 Å². The Bertz CT molecular complexity index is 1970. The molecule has 3 atom stereocenters. The molecule has 2 aliphatic carbocycles. The van der Waals surface area contributed by atoms with Crippen molar-refractivity contribution in [1.29, 1.82) is 5.26 Å². The van der Waals surface area contributed by atoms with E-state index in [9.17, 15) is 19.6 Å². The Hall–Kier alpha value is -4.18. The number of β-amino-alcohol motifs (C(OH)–C–C–N with tert-alkyl or cyclic N) is 1. The van der Waals surface area contributed by atoms with E-state index in [0.717, 1.165) is 54.9 Å². The summed E-state index contributed by atoms with van der Waals surface area (Å²) in [6.07, 6.45) is 3.07. The molecule has 228 valence electrons. The lowest BCUT2D eigenvalue weighted by molar-refractivity contribution is -0.142. The van der Waals surface area contributed by atoms with Crippen LogP contribution in [0.1, 0.15) is 29.0 Å². The summed E-state index contributed by atoms with van der Waals surface area (Å²) >= 11 is 1.26. The van der Waals surface area contributed by atoms with E-state index in [-0.39, 0.29) is 35.2 Å². The van der Waals surface area contributed by atoms with Gasteiger partial charge >= 0.3 is 0 Å². The SMILES string of the molecule is CN(c1nc(-c2ccc(F)cc2)c(C#N)s1)c1c2c(nc3c(F)cc(N4C5CN(CC(=O)N6CC(O)C6)C6CC654)cc13)CCC2. The molecule has 9 nitrogen and oxygen atoms in total. The Balaban J connectivity index is 1.06. The molecule has 45 heavy (non-hydrogen) atoms. The van der Waals surface area contributed by atoms with Crippen LogP contribution >= 0.6 is 11.3 Å². The molecule has 0 radical (unpaired) electrons. The molecule has 4 aromatic rings. The van der Waals surface area contributed by atoms with Crippen molar-refractivity contribution < 1.29 is 18.7 Å². The minimum atomic E-state index is -0.410. The summed E-state index contributed by atoms with van der Waals surface area (Å²) in [5.41, 5.74) is 5.09. The predicted octanol–water partition coefficient (Wildman–Crippen LogP) is 3.98. The number of pyridine rings is 1. The van der Waals surface area contributed by atoms with Gasteiger partial charge in [0.15, 0.2) is 10.9 Å². The Morgan fingerprint density at radius 1 is 1.16 bits per heavy atom. The van der Waals surface area contributed by atoms with Crippen LogP contribution in [0.3, 0.4) is 0 Å². The van der Waals surface area contributed by atoms with Crippen molar-refractivity contribution in [3.8, 4) is 17.3 Å². The molecular formula is C33H29F2N7O2S. The average molecular weight is 626 g/mol. The maximum atomic E-state index is 16.0. The number of hydrogen-bond donors (Lipinski definition) is 1. The number of anilines is 3. The lowest BCUT2D eigenvalue weighted by atomic mass is 10.0. The van der Waals surface area contributed by atoms with Crippen molar-refractivity contribution in [3.63, 3.8) is 0 Å². The fourth-order valence-electron chi connectivity index (χ4n) is 8.07. The number of aryl methyl sites for hydroxylation is 1. The molecular weight excluding hydrogens is 596 g/mol. The van der Waals surface area contributed by atoms with Crippen LogP contribution < -0.4 is 9.80 Å². The number of carbonyl (C=O) groups is 1. The van der Waals surface area contributed by atoms with Gasteiger partial charge in [-0.1, -0.05) is 11.3 Å². The molecule has 12 heteroatoms. The van der Waals surface area contributed by atoms with Crippen molar-refractivity contribution in [2.75, 3.05) is 43.0 Å². The van der Waals surface area contributed by atoms with Gasteiger partial charge in [0.25, 0.3) is 0 Å². The maximum absolute atomic E-state index is 16.0. The van der Waals surface area contributed by atoms with Gasteiger partial charge in [0.1, 0.15) is 28.0 Å². The number of aromatic nitrogens is 2. The minimum Gasteiger partial charge on any atom is -0.389 e. The largest absolute Gasteiger partial charge is 0.389 e. The van der Waals surface area contributed by atoms with Crippen LogP contribution in [0, 0.1) is 23.0 Å². The number of hydrogen-bond acceptors (Lipinski definition) is 9. The summed E-state index contributed by atoms with van der Waals surface area (Å²) in [4.78, 5) is 30.9. The van der Waals surface area contributed by atoms with Crippen LogP contribution in [0.4, 0.5) is 25.3 Å². The highest BCUT2D eigenvalue weighted by molar-refractivity contribution is 7.16. The van der Waals surface area contributed by atoms with Crippen LogP contribution in [0.15, 0.2) is 36.4 Å². The number of piperidine rings is 1. The van der Waals surface area contributed by atoms with Crippen LogP contribution in [0.2, 0.25) is 0 Å². The van der Waals surface area contributed by atoms with Crippen molar-refractivity contribution >= 4 is 44.7 Å². The molecule has 3 saturated heterocycles. The van der Waals surface area contributed by atoms with Crippen LogP contribution in [0.25, 0.3) is 22.2 Å². The summed E-state index contributed by atoms with van der Waals surface area (Å²) in [6.45, 7) is 1.94. The van der Waals surface area contributed by atoms with Crippen molar-refractivity contribution in [1.82, 2.24) is 19.8 Å². The number of likely N-dealkylation sites (tertiary alicyclic amines) is 2. The van der Waals surface area contributed by atoms with E-state index in [4.69, 9.17) is 9.97 Å². The van der Waals surface area contributed by atoms with E-state index in [1.807, 2.05) is 11.9 Å². The number of rotatable bonds is 6. The molecule has 3 unspecified atom stereocenters. The Labute approximate surface area is 261 Å². The topological polar surface area (TPSA) is 99.6 Å². The quantitative estimate of drug-likeness (QED) is 0.322. The fourth-order valence-corrected chi connectivity index (χ4v) is 8.93. The zero-order chi connectivity index (χ0) is 30.8. The van der Waals surface area contributed by atoms with Gasteiger partial charge in [0.2, 0.25) is 5.91 Å². The first-order valence-electron chi connectivity index (χ1n) is 15.3. The standard InChI is InChI=1S/C33H29F2N7O2S/c1-39(32-38-29(25(12-36)45-32)17-5-7-18(34)8-6-17)31-21-3-2-4-24(21)37-30-22(31)9-19(10-23(30)35)42-27-15-40(26-11-33(26,27)42)16-28(44)41-13-20(43)14-41/h5-10,20,26-27,43H,2-4,11,13-16H2,1H3. The van der Waals surface area contributed by atoms with Gasteiger partial charge in [0, 0.05) is 55.1 Å². The van der Waals surface area contributed by atoms with Crippen molar-refractivity contribution in [2.24, 2.45) is 0 Å². The van der Waals surface area contributed by atoms with Gasteiger partial charge in [-0.2, -0.15) is 5.26 Å². The molecule has 1 amide bonds. The average Bonchev–Trinajstić information content (AvgIpc) is 3.63.